The minimum absolute atomic E-state index is 0.0176. The molecule has 1 heterocycles. The first-order valence-electron chi connectivity index (χ1n) is 4.76. The molecule has 1 aromatic rings. The third-order valence-electron chi connectivity index (χ3n) is 2.55. The molecule has 2 rings (SSSR count). The molecule has 0 aromatic heterocycles. The highest BCUT2D eigenvalue weighted by atomic mass is 16.5. The lowest BCUT2D eigenvalue weighted by atomic mass is 10.0. The van der Waals surface area contributed by atoms with E-state index in [1.807, 2.05) is 0 Å². The lowest BCUT2D eigenvalue weighted by molar-refractivity contribution is 0.101. The van der Waals surface area contributed by atoms with Gasteiger partial charge in [-0.2, -0.15) is 0 Å². The number of benzene rings is 1. The predicted molar refractivity (Wildman–Crippen MR) is 53.3 cm³/mol. The van der Waals surface area contributed by atoms with Crippen LogP contribution in [-0.4, -0.2) is 28.7 Å². The molecule has 4 heteroatoms. The number of fused-ring (bicyclic) bond motifs is 1. The van der Waals surface area contributed by atoms with E-state index in [4.69, 9.17) is 9.84 Å². The number of hydrogen-bond donors (Lipinski definition) is 2. The molecule has 1 aliphatic heterocycles. The fourth-order valence-corrected chi connectivity index (χ4v) is 1.76. The van der Waals surface area contributed by atoms with Gasteiger partial charge in [-0.05, 0) is 19.1 Å². The van der Waals surface area contributed by atoms with E-state index >= 15 is 0 Å². The van der Waals surface area contributed by atoms with Gasteiger partial charge in [0.05, 0.1) is 12.2 Å². The van der Waals surface area contributed by atoms with Crippen LogP contribution in [0.1, 0.15) is 22.8 Å². The molecular formula is C11H12O4. The van der Waals surface area contributed by atoms with Crippen molar-refractivity contribution in [1.82, 2.24) is 0 Å². The Morgan fingerprint density at radius 3 is 2.93 bits per heavy atom. The van der Waals surface area contributed by atoms with Crippen molar-refractivity contribution in [3.05, 3.63) is 23.3 Å². The van der Waals surface area contributed by atoms with Gasteiger partial charge in [0.1, 0.15) is 17.6 Å². The quantitative estimate of drug-likeness (QED) is 0.708. The van der Waals surface area contributed by atoms with E-state index in [-0.39, 0.29) is 24.2 Å². The zero-order valence-corrected chi connectivity index (χ0v) is 8.36. The van der Waals surface area contributed by atoms with Gasteiger partial charge >= 0.3 is 0 Å². The van der Waals surface area contributed by atoms with Gasteiger partial charge in [0.2, 0.25) is 0 Å². The van der Waals surface area contributed by atoms with Crippen LogP contribution in [0.2, 0.25) is 0 Å². The maximum atomic E-state index is 11.2. The number of rotatable bonds is 2. The number of aliphatic hydroxyl groups excluding tert-OH is 1. The first kappa shape index (κ1) is 9.98. The largest absolute Gasteiger partial charge is 0.507 e. The topological polar surface area (TPSA) is 66.8 Å². The number of carbonyl (C=O) groups is 1. The Morgan fingerprint density at radius 2 is 2.33 bits per heavy atom. The molecule has 0 aliphatic carbocycles. The molecule has 80 valence electrons. The summed E-state index contributed by atoms with van der Waals surface area (Å²) >= 11 is 0. The van der Waals surface area contributed by atoms with E-state index in [9.17, 15) is 9.90 Å². The average Bonchev–Trinajstić information content (AvgIpc) is 2.61. The second kappa shape index (κ2) is 3.55. The van der Waals surface area contributed by atoms with Crippen LogP contribution in [0.5, 0.6) is 11.5 Å². The van der Waals surface area contributed by atoms with Gasteiger partial charge in [-0.25, -0.2) is 0 Å². The van der Waals surface area contributed by atoms with Gasteiger partial charge < -0.3 is 14.9 Å². The number of aromatic hydroxyl groups is 1. The van der Waals surface area contributed by atoms with Crippen molar-refractivity contribution >= 4 is 5.78 Å². The third kappa shape index (κ3) is 1.57. The van der Waals surface area contributed by atoms with E-state index in [0.717, 1.165) is 0 Å². The molecule has 0 saturated carbocycles. The summed E-state index contributed by atoms with van der Waals surface area (Å²) in [5, 5.41) is 18.7. The number of phenols is 1. The van der Waals surface area contributed by atoms with E-state index in [0.29, 0.717) is 23.3 Å². The zero-order chi connectivity index (χ0) is 11.0. The molecule has 0 saturated heterocycles. The molecule has 0 amide bonds. The Balaban J connectivity index is 2.44. The lowest BCUT2D eigenvalue weighted by Crippen LogP contribution is -2.17. The smallest absolute Gasteiger partial charge is 0.163 e. The predicted octanol–water partition coefficient (Wildman–Crippen LogP) is 0.891. The van der Waals surface area contributed by atoms with Crippen LogP contribution >= 0.6 is 0 Å². The summed E-state index contributed by atoms with van der Waals surface area (Å²) in [6.07, 6.45) is 0.131. The highest BCUT2D eigenvalue weighted by molar-refractivity contribution is 5.97. The summed E-state index contributed by atoms with van der Waals surface area (Å²) in [5.41, 5.74) is 0.915. The van der Waals surface area contributed by atoms with Crippen molar-refractivity contribution in [3.8, 4) is 11.5 Å². The highest BCUT2D eigenvalue weighted by Gasteiger charge is 2.27. The van der Waals surface area contributed by atoms with Crippen LogP contribution < -0.4 is 4.74 Å². The molecule has 0 bridgehead atoms. The molecule has 0 spiro atoms. The average molecular weight is 208 g/mol. The number of Topliss-reactive ketones (excluding diaryl/α,β-unsaturated/α-hetero) is 1. The van der Waals surface area contributed by atoms with Crippen molar-refractivity contribution in [3.63, 3.8) is 0 Å². The van der Waals surface area contributed by atoms with Crippen molar-refractivity contribution < 1.29 is 19.7 Å². The second-order valence-electron chi connectivity index (χ2n) is 3.62. The Morgan fingerprint density at radius 1 is 1.60 bits per heavy atom. The van der Waals surface area contributed by atoms with Crippen LogP contribution in [0, 0.1) is 0 Å². The summed E-state index contributed by atoms with van der Waals surface area (Å²) in [6.45, 7) is 1.31. The summed E-state index contributed by atoms with van der Waals surface area (Å²) in [5.74, 6) is 0.357. The molecule has 1 aromatic carbocycles. The summed E-state index contributed by atoms with van der Waals surface area (Å²) in [7, 11) is 0. The standard InChI is InChI=1S/C11H12O4/c1-6(13)8-2-3-10-9(11(8)14)4-7(5-12)15-10/h2-3,7,12,14H,4-5H2,1H3. The van der Waals surface area contributed by atoms with Crippen LogP contribution in [0.15, 0.2) is 12.1 Å². The fraction of sp³-hybridized carbons (Fsp3) is 0.364. The van der Waals surface area contributed by atoms with E-state index in [1.165, 1.54) is 13.0 Å². The second-order valence-corrected chi connectivity index (χ2v) is 3.62. The van der Waals surface area contributed by atoms with Gasteiger partial charge in [-0.3, -0.25) is 4.79 Å². The van der Waals surface area contributed by atoms with Crippen molar-refractivity contribution in [2.75, 3.05) is 6.61 Å². The maximum Gasteiger partial charge on any atom is 0.163 e. The van der Waals surface area contributed by atoms with Crippen molar-refractivity contribution in [2.45, 2.75) is 19.4 Å². The van der Waals surface area contributed by atoms with Gasteiger partial charge in [-0.1, -0.05) is 0 Å². The van der Waals surface area contributed by atoms with Gasteiger partial charge in [0.15, 0.2) is 5.78 Å². The summed E-state index contributed by atoms with van der Waals surface area (Å²) < 4.78 is 5.35. The molecule has 15 heavy (non-hydrogen) atoms. The Bertz CT molecular complexity index is 411. The van der Waals surface area contributed by atoms with Gasteiger partial charge in [0.25, 0.3) is 0 Å². The van der Waals surface area contributed by atoms with Crippen LogP contribution in [-0.2, 0) is 6.42 Å². The molecule has 4 nitrogen and oxygen atoms in total. The Kier molecular flexibility index (Phi) is 2.36. The summed E-state index contributed by atoms with van der Waals surface area (Å²) in [6, 6.07) is 3.19. The lowest BCUT2D eigenvalue weighted by Gasteiger charge is -2.05. The monoisotopic (exact) mass is 208 g/mol. The summed E-state index contributed by atoms with van der Waals surface area (Å²) in [4.78, 5) is 11.2. The molecule has 2 N–H and O–H groups in total. The number of carbonyl (C=O) groups excluding carboxylic acids is 1. The van der Waals surface area contributed by atoms with E-state index < -0.39 is 0 Å². The van der Waals surface area contributed by atoms with E-state index in [1.54, 1.807) is 6.07 Å². The zero-order valence-electron chi connectivity index (χ0n) is 8.36. The number of phenolic OH excluding ortho intramolecular Hbond substituents is 1. The third-order valence-corrected chi connectivity index (χ3v) is 2.55. The Labute approximate surface area is 87.1 Å². The SMILES string of the molecule is CC(=O)c1ccc2c(c1O)CC(CO)O2. The molecule has 1 aliphatic rings. The highest BCUT2D eigenvalue weighted by Crippen LogP contribution is 2.37. The van der Waals surface area contributed by atoms with Crippen LogP contribution in [0.25, 0.3) is 0 Å². The van der Waals surface area contributed by atoms with Crippen molar-refractivity contribution in [1.29, 1.82) is 0 Å². The number of ether oxygens (including phenoxy) is 1. The molecule has 0 radical (unpaired) electrons. The minimum atomic E-state index is -0.312. The van der Waals surface area contributed by atoms with Crippen LogP contribution in [0.3, 0.4) is 0 Å². The molecular weight excluding hydrogens is 196 g/mol. The van der Waals surface area contributed by atoms with E-state index in [2.05, 4.69) is 0 Å². The van der Waals surface area contributed by atoms with Crippen molar-refractivity contribution in [2.24, 2.45) is 0 Å². The molecule has 1 unspecified atom stereocenters. The normalized spacial score (nSPS) is 18.4. The molecule has 0 fully saturated rings. The maximum absolute atomic E-state index is 11.2. The number of ketones is 1. The number of hydrogen-bond acceptors (Lipinski definition) is 4. The minimum Gasteiger partial charge on any atom is -0.507 e. The number of aliphatic hydroxyl groups is 1. The fourth-order valence-electron chi connectivity index (χ4n) is 1.76. The van der Waals surface area contributed by atoms with Crippen LogP contribution in [0.4, 0.5) is 0 Å². The Hall–Kier alpha value is -1.55. The first-order chi connectivity index (χ1) is 7.13. The van der Waals surface area contributed by atoms with Gasteiger partial charge in [-0.15, -0.1) is 0 Å². The molecule has 1 atom stereocenters. The van der Waals surface area contributed by atoms with Gasteiger partial charge in [0, 0.05) is 12.0 Å². The first-order valence-corrected chi connectivity index (χ1v) is 4.76.